The van der Waals surface area contributed by atoms with Gasteiger partial charge in [-0.3, -0.25) is 4.98 Å². The number of aromatic nitrogens is 4. The van der Waals surface area contributed by atoms with E-state index in [4.69, 9.17) is 4.74 Å². The van der Waals surface area contributed by atoms with E-state index in [1.54, 1.807) is 11.8 Å². The Kier molecular flexibility index (Phi) is 4.41. The minimum atomic E-state index is -0.527. The van der Waals surface area contributed by atoms with Gasteiger partial charge in [0.2, 0.25) is 0 Å². The average molecular weight is 276 g/mol. The molecule has 0 bridgehead atoms. The second-order valence-electron chi connectivity index (χ2n) is 4.24. The maximum Gasteiger partial charge on any atom is 0.360 e. The molecule has 0 unspecified atom stereocenters. The van der Waals surface area contributed by atoms with Crippen LogP contribution < -0.4 is 0 Å². The highest BCUT2D eigenvalue weighted by Crippen LogP contribution is 2.10. The van der Waals surface area contributed by atoms with Crippen LogP contribution >= 0.6 is 0 Å². The third-order valence-corrected chi connectivity index (χ3v) is 2.76. The first-order valence-corrected chi connectivity index (χ1v) is 6.08. The lowest BCUT2D eigenvalue weighted by molar-refractivity contribution is 0.0588. The summed E-state index contributed by atoms with van der Waals surface area (Å²) in [6.07, 6.45) is 0. The van der Waals surface area contributed by atoms with Gasteiger partial charge < -0.3 is 9.47 Å². The van der Waals surface area contributed by atoms with Crippen molar-refractivity contribution < 1.29 is 14.3 Å². The minimum absolute atomic E-state index is 0.169. The van der Waals surface area contributed by atoms with Crippen molar-refractivity contribution in [2.24, 2.45) is 0 Å². The molecule has 0 saturated carbocycles. The summed E-state index contributed by atoms with van der Waals surface area (Å²) in [7, 11) is 2.85. The molecule has 0 amide bonds. The van der Waals surface area contributed by atoms with E-state index in [1.165, 1.54) is 7.11 Å². The number of aryl methyl sites for hydroxylation is 1. The van der Waals surface area contributed by atoms with Gasteiger partial charge in [0.15, 0.2) is 5.69 Å². The van der Waals surface area contributed by atoms with Gasteiger partial charge in [0.25, 0.3) is 0 Å². The van der Waals surface area contributed by atoms with Crippen LogP contribution in [0.1, 0.15) is 27.6 Å². The number of rotatable bonds is 5. The summed E-state index contributed by atoms with van der Waals surface area (Å²) in [5, 5.41) is 7.83. The molecule has 20 heavy (non-hydrogen) atoms. The van der Waals surface area contributed by atoms with Gasteiger partial charge in [-0.05, 0) is 19.1 Å². The van der Waals surface area contributed by atoms with Gasteiger partial charge in [-0.25, -0.2) is 9.48 Å². The molecule has 0 N–H and O–H groups in total. The smallest absolute Gasteiger partial charge is 0.360 e. The normalized spacial score (nSPS) is 10.6. The zero-order chi connectivity index (χ0) is 14.5. The lowest BCUT2D eigenvalue weighted by Gasteiger charge is -2.07. The Hall–Kier alpha value is -2.28. The lowest BCUT2D eigenvalue weighted by atomic mass is 10.3. The summed E-state index contributed by atoms with van der Waals surface area (Å²) in [5.74, 6) is -0.527. The fourth-order valence-corrected chi connectivity index (χ4v) is 1.84. The van der Waals surface area contributed by atoms with Crippen molar-refractivity contribution in [1.82, 2.24) is 20.0 Å². The highest BCUT2D eigenvalue weighted by molar-refractivity contribution is 5.88. The third kappa shape index (κ3) is 3.00. The molecule has 2 rings (SSSR count). The van der Waals surface area contributed by atoms with Crippen molar-refractivity contribution in [2.75, 3.05) is 14.2 Å². The predicted molar refractivity (Wildman–Crippen MR) is 70.2 cm³/mol. The van der Waals surface area contributed by atoms with Crippen LogP contribution in [0.5, 0.6) is 0 Å². The summed E-state index contributed by atoms with van der Waals surface area (Å²) in [4.78, 5) is 16.0. The molecular formula is C13H16N4O3. The Morgan fingerprint density at radius 1 is 1.35 bits per heavy atom. The van der Waals surface area contributed by atoms with Crippen molar-refractivity contribution in [1.29, 1.82) is 0 Å². The number of hydrogen-bond acceptors (Lipinski definition) is 6. The second-order valence-corrected chi connectivity index (χ2v) is 4.24. The first kappa shape index (κ1) is 14.1. The van der Waals surface area contributed by atoms with Crippen LogP contribution in [0.4, 0.5) is 0 Å². The topological polar surface area (TPSA) is 79.1 Å². The van der Waals surface area contributed by atoms with Gasteiger partial charge in [0.05, 0.1) is 31.6 Å². The SMILES string of the molecule is COCc1c(C(=O)OC)nnn1Cc1cccc(C)n1. The van der Waals surface area contributed by atoms with Crippen LogP contribution in [0.3, 0.4) is 0 Å². The van der Waals surface area contributed by atoms with Crippen molar-refractivity contribution in [3.8, 4) is 0 Å². The van der Waals surface area contributed by atoms with Gasteiger partial charge in [-0.15, -0.1) is 5.10 Å². The highest BCUT2D eigenvalue weighted by Gasteiger charge is 2.20. The number of hydrogen-bond donors (Lipinski definition) is 0. The van der Waals surface area contributed by atoms with E-state index in [0.717, 1.165) is 11.4 Å². The van der Waals surface area contributed by atoms with Gasteiger partial charge in [0.1, 0.15) is 0 Å². The average Bonchev–Trinajstić information content (AvgIpc) is 2.82. The Bertz CT molecular complexity index is 609. The van der Waals surface area contributed by atoms with Crippen molar-refractivity contribution in [3.63, 3.8) is 0 Å². The lowest BCUT2D eigenvalue weighted by Crippen LogP contribution is -2.12. The molecule has 2 aromatic rings. The van der Waals surface area contributed by atoms with Crippen molar-refractivity contribution in [2.45, 2.75) is 20.1 Å². The fraction of sp³-hybridized carbons (Fsp3) is 0.385. The number of ether oxygens (including phenoxy) is 2. The van der Waals surface area contributed by atoms with Crippen LogP contribution in [-0.4, -0.2) is 40.2 Å². The first-order valence-electron chi connectivity index (χ1n) is 6.08. The summed E-state index contributed by atoms with van der Waals surface area (Å²) in [6, 6.07) is 5.73. The molecule has 0 aliphatic rings. The summed E-state index contributed by atoms with van der Waals surface area (Å²) >= 11 is 0. The van der Waals surface area contributed by atoms with Gasteiger partial charge in [-0.1, -0.05) is 11.3 Å². The van der Waals surface area contributed by atoms with Crippen LogP contribution in [0.25, 0.3) is 0 Å². The number of methoxy groups -OCH3 is 2. The van der Waals surface area contributed by atoms with Gasteiger partial charge >= 0.3 is 5.97 Å². The molecule has 2 heterocycles. The van der Waals surface area contributed by atoms with E-state index >= 15 is 0 Å². The number of nitrogens with zero attached hydrogens (tertiary/aromatic N) is 4. The predicted octanol–water partition coefficient (Wildman–Crippen LogP) is 0.963. The Labute approximate surface area is 116 Å². The molecule has 0 spiro atoms. The first-order chi connectivity index (χ1) is 9.65. The number of pyridine rings is 1. The molecule has 0 atom stereocenters. The van der Waals surface area contributed by atoms with Crippen LogP contribution in [-0.2, 0) is 22.6 Å². The zero-order valence-corrected chi connectivity index (χ0v) is 11.7. The molecule has 0 aromatic carbocycles. The van der Waals surface area contributed by atoms with E-state index in [9.17, 15) is 4.79 Å². The standard InChI is InChI=1S/C13H16N4O3/c1-9-5-4-6-10(14-9)7-17-11(8-19-2)12(15-16-17)13(18)20-3/h4-6H,7-8H2,1-3H3. The molecule has 0 radical (unpaired) electrons. The van der Waals surface area contributed by atoms with Gasteiger partial charge in [0, 0.05) is 12.8 Å². The van der Waals surface area contributed by atoms with E-state index in [1.807, 2.05) is 25.1 Å². The monoisotopic (exact) mass is 276 g/mol. The molecule has 7 heteroatoms. The summed E-state index contributed by atoms with van der Waals surface area (Å²) in [6.45, 7) is 2.56. The van der Waals surface area contributed by atoms with Crippen LogP contribution in [0.15, 0.2) is 18.2 Å². The van der Waals surface area contributed by atoms with Crippen molar-refractivity contribution in [3.05, 3.63) is 41.0 Å². The summed E-state index contributed by atoms with van der Waals surface area (Å²) < 4.78 is 11.4. The largest absolute Gasteiger partial charge is 0.464 e. The molecule has 7 nitrogen and oxygen atoms in total. The second kappa shape index (κ2) is 6.25. The van der Waals surface area contributed by atoms with E-state index in [0.29, 0.717) is 12.2 Å². The molecule has 0 aliphatic carbocycles. The maximum absolute atomic E-state index is 11.6. The highest BCUT2D eigenvalue weighted by atomic mass is 16.5. The van der Waals surface area contributed by atoms with Crippen molar-refractivity contribution >= 4 is 5.97 Å². The minimum Gasteiger partial charge on any atom is -0.464 e. The molecule has 106 valence electrons. The number of carbonyl (C=O) groups excluding carboxylic acids is 1. The van der Waals surface area contributed by atoms with Crippen LogP contribution in [0.2, 0.25) is 0 Å². The van der Waals surface area contributed by atoms with Gasteiger partial charge in [-0.2, -0.15) is 0 Å². The molecule has 0 aliphatic heterocycles. The molecular weight excluding hydrogens is 260 g/mol. The Morgan fingerprint density at radius 3 is 2.80 bits per heavy atom. The van der Waals surface area contributed by atoms with E-state index < -0.39 is 5.97 Å². The Balaban J connectivity index is 2.31. The molecule has 0 fully saturated rings. The zero-order valence-electron chi connectivity index (χ0n) is 11.7. The fourth-order valence-electron chi connectivity index (χ4n) is 1.84. The molecule has 2 aromatic heterocycles. The molecule has 0 saturated heterocycles. The van der Waals surface area contributed by atoms with Crippen LogP contribution in [0, 0.1) is 6.92 Å². The summed E-state index contributed by atoms with van der Waals surface area (Å²) in [5.41, 5.74) is 2.50. The third-order valence-electron chi connectivity index (χ3n) is 2.76. The number of carbonyl (C=O) groups is 1. The maximum atomic E-state index is 11.6. The number of esters is 1. The quantitative estimate of drug-likeness (QED) is 0.757. The Morgan fingerprint density at radius 2 is 2.15 bits per heavy atom. The van der Waals surface area contributed by atoms with E-state index in [-0.39, 0.29) is 12.3 Å². The van der Waals surface area contributed by atoms with E-state index in [2.05, 4.69) is 20.0 Å².